The Hall–Kier alpha value is -0.860. The molecule has 16 heavy (non-hydrogen) atoms. The molecule has 1 saturated carbocycles. The van der Waals surface area contributed by atoms with Crippen LogP contribution in [0.25, 0.3) is 0 Å². The number of rotatable bonds is 6. The van der Waals surface area contributed by atoms with Crippen molar-refractivity contribution in [2.45, 2.75) is 44.9 Å². The quantitative estimate of drug-likeness (QED) is 0.794. The van der Waals surface area contributed by atoms with Gasteiger partial charge in [-0.05, 0) is 24.8 Å². The first kappa shape index (κ1) is 11.6. The number of nitrogens with zero attached hydrogens (tertiary/aromatic N) is 1. The maximum atomic E-state index is 9.74. The summed E-state index contributed by atoms with van der Waals surface area (Å²) in [4.78, 5) is 2.42. The van der Waals surface area contributed by atoms with Crippen LogP contribution in [-0.2, 0) is 6.54 Å². The summed E-state index contributed by atoms with van der Waals surface area (Å²) in [6, 6.07) is 11.2. The molecule has 2 rings (SSSR count). The molecular formula is C14H21NO. The van der Waals surface area contributed by atoms with Crippen molar-refractivity contribution in [1.29, 1.82) is 0 Å². The van der Waals surface area contributed by atoms with Crippen molar-refractivity contribution >= 4 is 0 Å². The Morgan fingerprint density at radius 1 is 1.31 bits per heavy atom. The van der Waals surface area contributed by atoms with E-state index in [9.17, 15) is 5.11 Å². The molecule has 1 aromatic rings. The normalized spacial score (nSPS) is 17.7. The Bertz CT molecular complexity index is 308. The van der Waals surface area contributed by atoms with Gasteiger partial charge in [-0.25, -0.2) is 0 Å². The molecule has 1 aromatic carbocycles. The second-order valence-corrected chi connectivity index (χ2v) is 4.71. The van der Waals surface area contributed by atoms with Crippen LogP contribution in [0.4, 0.5) is 0 Å². The highest BCUT2D eigenvalue weighted by Crippen LogP contribution is 2.28. The summed E-state index contributed by atoms with van der Waals surface area (Å²) < 4.78 is 0. The van der Waals surface area contributed by atoms with E-state index in [1.807, 2.05) is 13.0 Å². The molecule has 88 valence electrons. The summed E-state index contributed by atoms with van der Waals surface area (Å²) in [5.41, 5.74) is 1.35. The molecular weight excluding hydrogens is 198 g/mol. The van der Waals surface area contributed by atoms with E-state index in [2.05, 4.69) is 29.2 Å². The predicted octanol–water partition coefficient (Wildman–Crippen LogP) is 2.42. The summed E-state index contributed by atoms with van der Waals surface area (Å²) in [6.45, 7) is 3.83. The SMILES string of the molecule is CC[C@@H](O)CN(Cc1ccccc1)C1CC1. The first-order valence-electron chi connectivity index (χ1n) is 6.25. The highest BCUT2D eigenvalue weighted by atomic mass is 16.3. The summed E-state index contributed by atoms with van der Waals surface area (Å²) in [5.74, 6) is 0. The Morgan fingerprint density at radius 2 is 2.00 bits per heavy atom. The van der Waals surface area contributed by atoms with Gasteiger partial charge in [0.25, 0.3) is 0 Å². The van der Waals surface area contributed by atoms with Crippen LogP contribution >= 0.6 is 0 Å². The van der Waals surface area contributed by atoms with Gasteiger partial charge in [-0.15, -0.1) is 0 Å². The molecule has 1 atom stereocenters. The average Bonchev–Trinajstić information content (AvgIpc) is 3.13. The van der Waals surface area contributed by atoms with Crippen LogP contribution in [0.5, 0.6) is 0 Å². The third-order valence-corrected chi connectivity index (χ3v) is 3.21. The largest absolute Gasteiger partial charge is 0.392 e. The third kappa shape index (κ3) is 3.32. The van der Waals surface area contributed by atoms with Crippen LogP contribution in [0, 0.1) is 0 Å². The van der Waals surface area contributed by atoms with Gasteiger partial charge in [-0.3, -0.25) is 4.90 Å². The van der Waals surface area contributed by atoms with Crippen LogP contribution in [0.1, 0.15) is 31.7 Å². The molecule has 0 amide bonds. The van der Waals surface area contributed by atoms with Crippen molar-refractivity contribution in [3.8, 4) is 0 Å². The smallest absolute Gasteiger partial charge is 0.0664 e. The molecule has 1 aliphatic rings. The lowest BCUT2D eigenvalue weighted by Crippen LogP contribution is -2.33. The summed E-state index contributed by atoms with van der Waals surface area (Å²) in [6.07, 6.45) is 3.26. The summed E-state index contributed by atoms with van der Waals surface area (Å²) in [7, 11) is 0. The lowest BCUT2D eigenvalue weighted by atomic mass is 10.2. The second kappa shape index (κ2) is 5.46. The van der Waals surface area contributed by atoms with Gasteiger partial charge < -0.3 is 5.11 Å². The van der Waals surface area contributed by atoms with Gasteiger partial charge in [0.05, 0.1) is 6.10 Å². The zero-order valence-electron chi connectivity index (χ0n) is 9.97. The van der Waals surface area contributed by atoms with Gasteiger partial charge in [0.2, 0.25) is 0 Å². The molecule has 0 unspecified atom stereocenters. The fraction of sp³-hybridized carbons (Fsp3) is 0.571. The molecule has 0 heterocycles. The van der Waals surface area contributed by atoms with E-state index < -0.39 is 0 Å². The van der Waals surface area contributed by atoms with E-state index in [0.29, 0.717) is 6.04 Å². The molecule has 0 aromatic heterocycles. The van der Waals surface area contributed by atoms with Crippen molar-refractivity contribution in [3.05, 3.63) is 35.9 Å². The molecule has 1 aliphatic carbocycles. The fourth-order valence-electron chi connectivity index (χ4n) is 2.00. The zero-order valence-corrected chi connectivity index (χ0v) is 9.97. The maximum absolute atomic E-state index is 9.74. The van der Waals surface area contributed by atoms with Gasteiger partial charge >= 0.3 is 0 Å². The van der Waals surface area contributed by atoms with Crippen LogP contribution in [-0.4, -0.2) is 28.7 Å². The molecule has 0 radical (unpaired) electrons. The summed E-state index contributed by atoms with van der Waals surface area (Å²) in [5, 5.41) is 9.74. The summed E-state index contributed by atoms with van der Waals surface area (Å²) >= 11 is 0. The van der Waals surface area contributed by atoms with Crippen molar-refractivity contribution in [1.82, 2.24) is 4.90 Å². The van der Waals surface area contributed by atoms with E-state index >= 15 is 0 Å². The molecule has 0 spiro atoms. The predicted molar refractivity (Wildman–Crippen MR) is 66.2 cm³/mol. The maximum Gasteiger partial charge on any atom is 0.0664 e. The third-order valence-electron chi connectivity index (χ3n) is 3.21. The Balaban J connectivity index is 1.92. The molecule has 1 fully saturated rings. The highest BCUT2D eigenvalue weighted by molar-refractivity contribution is 5.15. The Morgan fingerprint density at radius 3 is 2.56 bits per heavy atom. The van der Waals surface area contributed by atoms with E-state index in [-0.39, 0.29) is 6.10 Å². The molecule has 0 saturated heterocycles. The zero-order chi connectivity index (χ0) is 11.4. The number of aliphatic hydroxyl groups is 1. The molecule has 0 aliphatic heterocycles. The van der Waals surface area contributed by atoms with Crippen molar-refractivity contribution < 1.29 is 5.11 Å². The molecule has 2 nitrogen and oxygen atoms in total. The topological polar surface area (TPSA) is 23.5 Å². The van der Waals surface area contributed by atoms with Crippen LogP contribution in [0.15, 0.2) is 30.3 Å². The molecule has 0 bridgehead atoms. The van der Waals surface area contributed by atoms with Crippen LogP contribution in [0.2, 0.25) is 0 Å². The minimum Gasteiger partial charge on any atom is -0.392 e. The van der Waals surface area contributed by atoms with Crippen molar-refractivity contribution in [2.75, 3.05) is 6.54 Å². The van der Waals surface area contributed by atoms with Gasteiger partial charge in [0, 0.05) is 19.1 Å². The van der Waals surface area contributed by atoms with Gasteiger partial charge in [0.15, 0.2) is 0 Å². The first-order chi connectivity index (χ1) is 7.79. The molecule has 1 N–H and O–H groups in total. The minimum absolute atomic E-state index is 0.177. The van der Waals surface area contributed by atoms with E-state index in [0.717, 1.165) is 19.5 Å². The van der Waals surface area contributed by atoms with Crippen LogP contribution < -0.4 is 0 Å². The van der Waals surface area contributed by atoms with E-state index in [1.54, 1.807) is 0 Å². The first-order valence-corrected chi connectivity index (χ1v) is 6.25. The Labute approximate surface area is 97.9 Å². The van der Waals surface area contributed by atoms with Crippen molar-refractivity contribution in [2.24, 2.45) is 0 Å². The van der Waals surface area contributed by atoms with Gasteiger partial charge in [-0.2, -0.15) is 0 Å². The van der Waals surface area contributed by atoms with Gasteiger partial charge in [0.1, 0.15) is 0 Å². The number of benzene rings is 1. The fourth-order valence-corrected chi connectivity index (χ4v) is 2.00. The number of hydrogen-bond acceptors (Lipinski definition) is 2. The Kier molecular flexibility index (Phi) is 3.97. The standard InChI is InChI=1S/C14H21NO/c1-2-14(16)11-15(13-8-9-13)10-12-6-4-3-5-7-12/h3-7,13-14,16H,2,8-11H2,1H3/t14-/m1/s1. The van der Waals surface area contributed by atoms with E-state index in [4.69, 9.17) is 0 Å². The lowest BCUT2D eigenvalue weighted by molar-refractivity contribution is 0.101. The minimum atomic E-state index is -0.177. The number of aliphatic hydroxyl groups excluding tert-OH is 1. The second-order valence-electron chi connectivity index (χ2n) is 4.71. The van der Waals surface area contributed by atoms with E-state index in [1.165, 1.54) is 18.4 Å². The number of hydrogen-bond donors (Lipinski definition) is 1. The van der Waals surface area contributed by atoms with Crippen LogP contribution in [0.3, 0.4) is 0 Å². The monoisotopic (exact) mass is 219 g/mol. The average molecular weight is 219 g/mol. The van der Waals surface area contributed by atoms with Gasteiger partial charge in [-0.1, -0.05) is 37.3 Å². The highest BCUT2D eigenvalue weighted by Gasteiger charge is 2.29. The lowest BCUT2D eigenvalue weighted by Gasteiger charge is -2.24. The van der Waals surface area contributed by atoms with Crippen molar-refractivity contribution in [3.63, 3.8) is 0 Å². The molecule has 2 heteroatoms.